The summed E-state index contributed by atoms with van der Waals surface area (Å²) < 4.78 is 46.8. The number of benzene rings is 4. The molecule has 0 saturated heterocycles. The van der Waals surface area contributed by atoms with Gasteiger partial charge in [0.1, 0.15) is 11.5 Å². The van der Waals surface area contributed by atoms with Crippen molar-refractivity contribution in [2.45, 2.75) is 34.6 Å². The Bertz CT molecular complexity index is 1400. The lowest BCUT2D eigenvalue weighted by Gasteiger charge is -2.31. The number of hydrogen-bond acceptors (Lipinski definition) is 8. The van der Waals surface area contributed by atoms with Crippen LogP contribution in [0.1, 0.15) is 34.6 Å². The molecule has 0 atom stereocenters. The van der Waals surface area contributed by atoms with Crippen molar-refractivity contribution in [1.82, 2.24) is 0 Å². The first-order valence-electron chi connectivity index (χ1n) is 14.8. The van der Waals surface area contributed by atoms with E-state index in [0.29, 0.717) is 33.0 Å². The molecule has 0 amide bonds. The minimum atomic E-state index is -3.04. The van der Waals surface area contributed by atoms with E-state index in [0.717, 1.165) is 43.4 Å². The number of fused-ring (bicyclic) bond motifs is 2. The fourth-order valence-corrected chi connectivity index (χ4v) is 10.1. The molecule has 0 aliphatic carbocycles. The molecule has 4 rings (SSSR count). The third kappa shape index (κ3) is 7.65. The highest BCUT2D eigenvalue weighted by Crippen LogP contribution is 2.26. The van der Waals surface area contributed by atoms with E-state index >= 15 is 0 Å². The van der Waals surface area contributed by atoms with E-state index in [1.54, 1.807) is 21.3 Å². The maximum Gasteiger partial charge on any atom is 0.541 e. The van der Waals surface area contributed by atoms with Crippen LogP contribution in [0, 0.1) is 0 Å². The largest absolute Gasteiger partial charge is 0.541 e. The van der Waals surface area contributed by atoms with Crippen LogP contribution < -0.4 is 19.8 Å². The minimum Gasteiger partial charge on any atom is -0.494 e. The molecule has 0 fully saturated rings. The zero-order valence-corrected chi connectivity index (χ0v) is 28.7. The van der Waals surface area contributed by atoms with Gasteiger partial charge in [0.05, 0.1) is 23.6 Å². The Hall–Kier alpha value is -2.81. The van der Waals surface area contributed by atoms with Crippen LogP contribution >= 0.6 is 0 Å². The molecule has 0 aliphatic heterocycles. The van der Waals surface area contributed by atoms with Gasteiger partial charge in [-0.2, -0.15) is 0 Å². The Labute approximate surface area is 258 Å². The predicted molar refractivity (Wildman–Crippen MR) is 177 cm³/mol. The summed E-state index contributed by atoms with van der Waals surface area (Å²) in [4.78, 5) is 0. The topological polar surface area (TPSA) is 73.8 Å². The van der Waals surface area contributed by atoms with Crippen LogP contribution in [0.2, 0.25) is 0 Å². The molecule has 4 aromatic carbocycles. The van der Waals surface area contributed by atoms with E-state index in [-0.39, 0.29) is 0 Å². The number of hydrogen-bond donors (Lipinski definition) is 0. The molecule has 0 aliphatic rings. The van der Waals surface area contributed by atoms with E-state index in [1.165, 1.54) is 0 Å². The summed E-state index contributed by atoms with van der Waals surface area (Å²) in [6, 6.07) is 24.3. The van der Waals surface area contributed by atoms with Gasteiger partial charge in [-0.1, -0.05) is 60.7 Å². The summed E-state index contributed by atoms with van der Waals surface area (Å²) in [7, 11) is -1.18. The molecule has 0 aromatic heterocycles. The van der Waals surface area contributed by atoms with E-state index < -0.39 is 17.6 Å². The lowest BCUT2D eigenvalue weighted by atomic mass is 10.1. The van der Waals surface area contributed by atoms with Crippen molar-refractivity contribution < 1.29 is 36.0 Å². The lowest BCUT2D eigenvalue weighted by Crippen LogP contribution is -2.57. The van der Waals surface area contributed by atoms with Crippen molar-refractivity contribution >= 4 is 49.5 Å². The first-order valence-corrected chi connectivity index (χ1v) is 18.3. The maximum atomic E-state index is 6.11. The highest BCUT2D eigenvalue weighted by atomic mass is 28.4. The third-order valence-electron chi connectivity index (χ3n) is 6.80. The summed E-state index contributed by atoms with van der Waals surface area (Å²) in [5.41, 5.74) is 0. The Morgan fingerprint density at radius 1 is 0.442 bits per heavy atom. The Kier molecular flexibility index (Phi) is 13.6. The molecule has 4 aromatic rings. The molecular weight excluding hydrogens is 581 g/mol. The van der Waals surface area contributed by atoms with Gasteiger partial charge < -0.3 is 36.0 Å². The molecule has 0 radical (unpaired) electrons. The zero-order chi connectivity index (χ0) is 31.3. The summed E-state index contributed by atoms with van der Waals surface area (Å²) >= 11 is 0. The SMILES string of the molecule is CCOc1ccc2ccccc2c1[Si](OC)(OC)OC.CCOc1ccc2ccccc2c1[Si](OCC)(OCC)OCC. The molecule has 0 heterocycles. The fourth-order valence-electron chi connectivity index (χ4n) is 5.15. The van der Waals surface area contributed by atoms with Crippen LogP contribution in [0.25, 0.3) is 21.5 Å². The van der Waals surface area contributed by atoms with Crippen LogP contribution in [0.4, 0.5) is 0 Å². The second-order valence-electron chi connectivity index (χ2n) is 9.21. The van der Waals surface area contributed by atoms with Gasteiger partial charge in [-0.3, -0.25) is 0 Å². The van der Waals surface area contributed by atoms with Crippen LogP contribution in [0.3, 0.4) is 0 Å². The van der Waals surface area contributed by atoms with Crippen LogP contribution in [0.15, 0.2) is 72.8 Å². The van der Waals surface area contributed by atoms with Crippen LogP contribution in [-0.2, 0) is 26.6 Å². The van der Waals surface area contributed by atoms with Gasteiger partial charge >= 0.3 is 17.6 Å². The fraction of sp³-hybridized carbons (Fsp3) is 0.394. The van der Waals surface area contributed by atoms with E-state index in [2.05, 4.69) is 24.3 Å². The second-order valence-corrected chi connectivity index (χ2v) is 14.5. The normalized spacial score (nSPS) is 11.8. The first kappa shape index (κ1) is 34.7. The van der Waals surface area contributed by atoms with Crippen molar-refractivity contribution in [3.05, 3.63) is 72.8 Å². The zero-order valence-electron chi connectivity index (χ0n) is 26.7. The van der Waals surface area contributed by atoms with Crippen molar-refractivity contribution in [3.8, 4) is 11.5 Å². The molecule has 0 unspecified atom stereocenters. The molecule has 10 heteroatoms. The molecule has 8 nitrogen and oxygen atoms in total. The monoisotopic (exact) mass is 626 g/mol. The van der Waals surface area contributed by atoms with Gasteiger partial charge in [-0.25, -0.2) is 0 Å². The van der Waals surface area contributed by atoms with Crippen molar-refractivity contribution in [1.29, 1.82) is 0 Å². The minimum absolute atomic E-state index is 0.529. The van der Waals surface area contributed by atoms with Gasteiger partial charge in [-0.15, -0.1) is 0 Å². The molecule has 43 heavy (non-hydrogen) atoms. The molecular formula is C33H46O8Si2. The maximum absolute atomic E-state index is 6.11. The van der Waals surface area contributed by atoms with E-state index in [1.807, 2.05) is 83.1 Å². The molecule has 234 valence electrons. The summed E-state index contributed by atoms with van der Waals surface area (Å²) in [6.07, 6.45) is 0. The standard InChI is InChI=1S/C18H26O4Si.C15H20O4Si/c1-5-19-17-14-13-15-11-9-10-12-16(15)18(17)23(20-6-2,21-7-3)22-8-4;1-5-19-14-11-10-12-8-6-7-9-13(12)15(14)20(16-2,17-3)18-4/h9-14H,5-8H2,1-4H3;6-11H,5H2,1-4H3. The average Bonchev–Trinajstić information content (AvgIpc) is 3.03. The van der Waals surface area contributed by atoms with E-state index in [9.17, 15) is 0 Å². The molecule has 0 bridgehead atoms. The summed E-state index contributed by atoms with van der Waals surface area (Å²) in [5.74, 6) is 1.54. The van der Waals surface area contributed by atoms with Crippen LogP contribution in [0.5, 0.6) is 11.5 Å². The summed E-state index contributed by atoms with van der Waals surface area (Å²) in [6.45, 7) is 12.6. The van der Waals surface area contributed by atoms with Crippen molar-refractivity contribution in [2.24, 2.45) is 0 Å². The predicted octanol–water partition coefficient (Wildman–Crippen LogP) is 5.82. The highest BCUT2D eigenvalue weighted by Gasteiger charge is 2.47. The summed E-state index contributed by atoms with van der Waals surface area (Å²) in [5, 5.41) is 6.15. The van der Waals surface area contributed by atoms with Gasteiger partial charge in [-0.05, 0) is 68.3 Å². The van der Waals surface area contributed by atoms with Crippen LogP contribution in [-0.4, -0.2) is 72.0 Å². The smallest absolute Gasteiger partial charge is 0.494 e. The Morgan fingerprint density at radius 3 is 1.16 bits per heavy atom. The Morgan fingerprint density at radius 2 is 0.814 bits per heavy atom. The van der Waals surface area contributed by atoms with Gasteiger partial charge in [0.2, 0.25) is 0 Å². The number of rotatable bonds is 15. The highest BCUT2D eigenvalue weighted by molar-refractivity contribution is 6.79. The lowest BCUT2D eigenvalue weighted by molar-refractivity contribution is 0.0855. The van der Waals surface area contributed by atoms with Gasteiger partial charge in [0.25, 0.3) is 0 Å². The second kappa shape index (κ2) is 16.9. The van der Waals surface area contributed by atoms with Gasteiger partial charge in [0.15, 0.2) is 0 Å². The molecule has 0 spiro atoms. The third-order valence-corrected chi connectivity index (χ3v) is 12.7. The molecule has 0 saturated carbocycles. The first-order chi connectivity index (χ1) is 20.9. The van der Waals surface area contributed by atoms with Crippen molar-refractivity contribution in [2.75, 3.05) is 54.4 Å². The Balaban J connectivity index is 0.000000238. The molecule has 0 N–H and O–H groups in total. The van der Waals surface area contributed by atoms with E-state index in [4.69, 9.17) is 36.0 Å². The van der Waals surface area contributed by atoms with Crippen molar-refractivity contribution in [3.63, 3.8) is 0 Å². The number of ether oxygens (including phenoxy) is 2. The average molecular weight is 627 g/mol. The van der Waals surface area contributed by atoms with Gasteiger partial charge in [0, 0.05) is 41.2 Å². The quantitative estimate of drug-likeness (QED) is 0.153.